The van der Waals surface area contributed by atoms with Gasteiger partial charge in [0.05, 0.1) is 11.4 Å². The van der Waals surface area contributed by atoms with Gasteiger partial charge in [-0.15, -0.1) is 0 Å². The van der Waals surface area contributed by atoms with Crippen LogP contribution in [0.5, 0.6) is 0 Å². The van der Waals surface area contributed by atoms with Crippen LogP contribution in [-0.2, 0) is 0 Å². The van der Waals surface area contributed by atoms with Crippen molar-refractivity contribution in [2.45, 2.75) is 5.62 Å². The zero-order valence-corrected chi connectivity index (χ0v) is 13.0. The van der Waals surface area contributed by atoms with Crippen molar-refractivity contribution in [1.29, 1.82) is 0 Å². The number of aromatic nitrogens is 1. The van der Waals surface area contributed by atoms with Crippen LogP contribution >= 0.6 is 11.6 Å². The second kappa shape index (κ2) is 5.86. The molecule has 1 unspecified atom stereocenters. The van der Waals surface area contributed by atoms with Gasteiger partial charge in [0.1, 0.15) is 0 Å². The predicted molar refractivity (Wildman–Crippen MR) is 95.0 cm³/mol. The number of fused-ring (bicyclic) bond motifs is 1. The van der Waals surface area contributed by atoms with Crippen LogP contribution in [-0.4, -0.2) is 16.3 Å². The van der Waals surface area contributed by atoms with Crippen LogP contribution in [0.15, 0.2) is 77.9 Å². The Balaban J connectivity index is 1.74. The summed E-state index contributed by atoms with van der Waals surface area (Å²) in [6, 6.07) is 22.2. The minimum Gasteiger partial charge on any atom is -0.351 e. The molecule has 0 aliphatic carbocycles. The first-order valence-corrected chi connectivity index (χ1v) is 7.84. The molecule has 0 bridgehead atoms. The van der Waals surface area contributed by atoms with E-state index in [1.54, 1.807) is 6.20 Å². The van der Waals surface area contributed by atoms with E-state index in [1.165, 1.54) is 0 Å². The Hall–Kier alpha value is -2.65. The van der Waals surface area contributed by atoms with Crippen molar-refractivity contribution in [3.63, 3.8) is 0 Å². The lowest BCUT2D eigenvalue weighted by Crippen LogP contribution is -2.21. The fourth-order valence-electron chi connectivity index (χ4n) is 2.72. The van der Waals surface area contributed by atoms with E-state index in [0.717, 1.165) is 33.8 Å². The largest absolute Gasteiger partial charge is 0.351 e. The van der Waals surface area contributed by atoms with E-state index in [2.05, 4.69) is 45.6 Å². The molecule has 4 heteroatoms. The summed E-state index contributed by atoms with van der Waals surface area (Å²) < 4.78 is 0. The number of anilines is 1. The van der Waals surface area contributed by atoms with E-state index in [-0.39, 0.29) is 0 Å². The van der Waals surface area contributed by atoms with E-state index >= 15 is 0 Å². The second-order valence-corrected chi connectivity index (χ2v) is 5.71. The first-order chi connectivity index (χ1) is 11.3. The summed E-state index contributed by atoms with van der Waals surface area (Å²) in [6.07, 6.45) is 1.80. The van der Waals surface area contributed by atoms with Crippen molar-refractivity contribution in [1.82, 2.24) is 4.98 Å². The Morgan fingerprint density at radius 1 is 0.826 bits per heavy atom. The summed E-state index contributed by atoms with van der Waals surface area (Å²) in [6.45, 7) is 0. The molecule has 23 heavy (non-hydrogen) atoms. The van der Waals surface area contributed by atoms with Gasteiger partial charge in [-0.3, -0.25) is 4.98 Å². The standard InChI is InChI=1S/C19H14ClN3/c20-19-22-17-7-2-1-5-15(17)18(23-19)14-10-8-13(9-11-14)16-6-3-4-12-21-16/h1-12,19,22H. The number of hydrogen-bond donors (Lipinski definition) is 1. The molecule has 2 aromatic carbocycles. The zero-order valence-electron chi connectivity index (χ0n) is 12.3. The van der Waals surface area contributed by atoms with Gasteiger partial charge in [-0.2, -0.15) is 0 Å². The summed E-state index contributed by atoms with van der Waals surface area (Å²) in [5.74, 6) is 0. The van der Waals surface area contributed by atoms with Crippen molar-refractivity contribution in [3.8, 4) is 11.3 Å². The van der Waals surface area contributed by atoms with Gasteiger partial charge in [-0.05, 0) is 18.2 Å². The molecule has 0 saturated heterocycles. The molecule has 3 nitrogen and oxygen atoms in total. The summed E-state index contributed by atoms with van der Waals surface area (Å²) in [5, 5.41) is 3.16. The normalized spacial score (nSPS) is 16.2. The number of benzene rings is 2. The van der Waals surface area contributed by atoms with Gasteiger partial charge in [0.25, 0.3) is 0 Å². The maximum absolute atomic E-state index is 6.21. The van der Waals surface area contributed by atoms with E-state index in [4.69, 9.17) is 11.6 Å². The smallest absolute Gasteiger partial charge is 0.196 e. The lowest BCUT2D eigenvalue weighted by atomic mass is 9.98. The molecule has 0 radical (unpaired) electrons. The number of alkyl halides is 1. The first kappa shape index (κ1) is 14.0. The number of para-hydroxylation sites is 1. The Kier molecular flexibility index (Phi) is 3.56. The lowest BCUT2D eigenvalue weighted by molar-refractivity contribution is 1.02. The van der Waals surface area contributed by atoms with Crippen molar-refractivity contribution in [3.05, 3.63) is 84.1 Å². The third kappa shape index (κ3) is 2.71. The molecule has 1 N–H and O–H groups in total. The summed E-state index contributed by atoms with van der Waals surface area (Å²) in [4.78, 5) is 8.93. The zero-order chi connectivity index (χ0) is 15.6. The van der Waals surface area contributed by atoms with E-state index in [9.17, 15) is 0 Å². The minimum atomic E-state index is -0.449. The quantitative estimate of drug-likeness (QED) is 0.556. The second-order valence-electron chi connectivity index (χ2n) is 5.30. The van der Waals surface area contributed by atoms with E-state index < -0.39 is 5.62 Å². The molecule has 3 aromatic rings. The number of halogens is 1. The predicted octanol–water partition coefficient (Wildman–Crippen LogP) is 4.53. The average Bonchev–Trinajstić information content (AvgIpc) is 2.62. The number of rotatable bonds is 2. The molecule has 1 aliphatic rings. The monoisotopic (exact) mass is 319 g/mol. The van der Waals surface area contributed by atoms with Gasteiger partial charge in [0, 0.05) is 28.6 Å². The SMILES string of the molecule is ClC1N=C(c2ccc(-c3ccccn3)cc2)c2ccccc2N1. The molecule has 0 saturated carbocycles. The number of nitrogens with zero attached hydrogens (tertiary/aromatic N) is 2. The molecule has 2 heterocycles. The number of hydrogen-bond acceptors (Lipinski definition) is 3. The molecule has 4 rings (SSSR count). The molecule has 112 valence electrons. The topological polar surface area (TPSA) is 37.3 Å². The van der Waals surface area contributed by atoms with Crippen LogP contribution in [0, 0.1) is 0 Å². The van der Waals surface area contributed by atoms with Crippen LogP contribution in [0.3, 0.4) is 0 Å². The maximum atomic E-state index is 6.21. The molecular weight excluding hydrogens is 306 g/mol. The van der Waals surface area contributed by atoms with Crippen LogP contribution in [0.25, 0.3) is 11.3 Å². The molecule has 0 spiro atoms. The highest BCUT2D eigenvalue weighted by Gasteiger charge is 2.19. The Labute approximate surface area is 139 Å². The lowest BCUT2D eigenvalue weighted by Gasteiger charge is -2.22. The van der Waals surface area contributed by atoms with Crippen LogP contribution in [0.1, 0.15) is 11.1 Å². The van der Waals surface area contributed by atoms with Crippen LogP contribution in [0.2, 0.25) is 0 Å². The van der Waals surface area contributed by atoms with Crippen LogP contribution < -0.4 is 5.32 Å². The van der Waals surface area contributed by atoms with E-state index in [0.29, 0.717) is 0 Å². The number of aliphatic imine (C=N–C) groups is 1. The van der Waals surface area contributed by atoms with E-state index in [1.807, 2.05) is 36.4 Å². The molecule has 1 atom stereocenters. The van der Waals surface area contributed by atoms with Gasteiger partial charge < -0.3 is 5.32 Å². The third-order valence-corrected chi connectivity index (χ3v) is 4.02. The minimum absolute atomic E-state index is 0.449. The highest BCUT2D eigenvalue weighted by Crippen LogP contribution is 2.27. The highest BCUT2D eigenvalue weighted by molar-refractivity contribution is 6.26. The Bertz CT molecular complexity index is 857. The van der Waals surface area contributed by atoms with Gasteiger partial charge in [0.2, 0.25) is 0 Å². The molecule has 1 aliphatic heterocycles. The first-order valence-electron chi connectivity index (χ1n) is 7.41. The van der Waals surface area contributed by atoms with Gasteiger partial charge >= 0.3 is 0 Å². The third-order valence-electron chi connectivity index (χ3n) is 3.82. The molecule has 0 amide bonds. The number of nitrogens with one attached hydrogen (secondary N) is 1. The molecule has 1 aromatic heterocycles. The van der Waals surface area contributed by atoms with Gasteiger partial charge in [0.15, 0.2) is 5.62 Å². The van der Waals surface area contributed by atoms with Crippen molar-refractivity contribution < 1.29 is 0 Å². The molecular formula is C19H14ClN3. The van der Waals surface area contributed by atoms with Crippen molar-refractivity contribution in [2.24, 2.45) is 4.99 Å². The van der Waals surface area contributed by atoms with Gasteiger partial charge in [-0.1, -0.05) is 60.1 Å². The van der Waals surface area contributed by atoms with Gasteiger partial charge in [-0.25, -0.2) is 4.99 Å². The highest BCUT2D eigenvalue weighted by atomic mass is 35.5. The summed E-state index contributed by atoms with van der Waals surface area (Å²) in [5.41, 5.74) is 5.62. The fraction of sp³-hybridized carbons (Fsp3) is 0.0526. The summed E-state index contributed by atoms with van der Waals surface area (Å²) >= 11 is 6.21. The van der Waals surface area contributed by atoms with Crippen molar-refractivity contribution in [2.75, 3.05) is 5.32 Å². The fourth-order valence-corrected chi connectivity index (χ4v) is 2.94. The Morgan fingerprint density at radius 3 is 2.35 bits per heavy atom. The summed E-state index contributed by atoms with van der Waals surface area (Å²) in [7, 11) is 0. The van der Waals surface area contributed by atoms with Crippen LogP contribution in [0.4, 0.5) is 5.69 Å². The number of pyridine rings is 1. The Morgan fingerprint density at radius 2 is 1.57 bits per heavy atom. The average molecular weight is 320 g/mol. The van der Waals surface area contributed by atoms with Crippen molar-refractivity contribution >= 4 is 23.0 Å². The molecule has 0 fully saturated rings. The maximum Gasteiger partial charge on any atom is 0.196 e.